The molecule has 1 aliphatic rings. The summed E-state index contributed by atoms with van der Waals surface area (Å²) in [6.45, 7) is 1.52. The van der Waals surface area contributed by atoms with Crippen molar-refractivity contribution in [2.24, 2.45) is 16.5 Å². The van der Waals surface area contributed by atoms with Crippen molar-refractivity contribution in [3.8, 4) is 0 Å². The highest BCUT2D eigenvalue weighted by Crippen LogP contribution is 2.06. The molecule has 0 radical (unpaired) electrons. The number of nitrogens with two attached hydrogens (primary N) is 2. The lowest BCUT2D eigenvalue weighted by molar-refractivity contribution is -0.395. The molecule has 1 aromatic carbocycles. The average molecular weight is 189 g/mol. The molecule has 4 N–H and O–H groups in total. The number of aliphatic imine (C=N–C) groups is 1. The summed E-state index contributed by atoms with van der Waals surface area (Å²) in [7, 11) is 0. The number of hydrogen-bond donors (Lipinski definition) is 2. The van der Waals surface area contributed by atoms with Crippen LogP contribution in [0.15, 0.2) is 35.3 Å². The Bertz CT molecular complexity index is 388. The van der Waals surface area contributed by atoms with Crippen molar-refractivity contribution in [3.05, 3.63) is 35.9 Å². The topological polar surface area (TPSA) is 67.4 Å². The quantitative estimate of drug-likeness (QED) is 0.472. The van der Waals surface area contributed by atoms with Crippen molar-refractivity contribution in [2.75, 3.05) is 13.1 Å². The van der Waals surface area contributed by atoms with Crippen LogP contribution in [-0.2, 0) is 0 Å². The van der Waals surface area contributed by atoms with Gasteiger partial charge in [-0.2, -0.15) is 4.99 Å². The summed E-state index contributed by atoms with van der Waals surface area (Å²) in [5, 5.41) is 0. The van der Waals surface area contributed by atoms with E-state index in [1.165, 1.54) is 0 Å². The zero-order valence-electron chi connectivity index (χ0n) is 7.85. The lowest BCUT2D eigenvalue weighted by Gasteiger charge is -2.03. The summed E-state index contributed by atoms with van der Waals surface area (Å²) < 4.78 is 1.83. The van der Waals surface area contributed by atoms with E-state index in [1.54, 1.807) is 0 Å². The molecule has 1 heterocycles. The summed E-state index contributed by atoms with van der Waals surface area (Å²) in [6, 6.07) is 9.92. The first kappa shape index (κ1) is 8.74. The lowest BCUT2D eigenvalue weighted by atomic mass is 10.2. The van der Waals surface area contributed by atoms with Crippen LogP contribution in [0.2, 0.25) is 0 Å². The first-order valence-electron chi connectivity index (χ1n) is 4.54. The van der Waals surface area contributed by atoms with Gasteiger partial charge in [-0.3, -0.25) is 0 Å². The van der Waals surface area contributed by atoms with E-state index in [1.807, 2.05) is 34.9 Å². The van der Waals surface area contributed by atoms with E-state index >= 15 is 0 Å². The molecule has 4 heteroatoms. The van der Waals surface area contributed by atoms with Crippen molar-refractivity contribution < 1.29 is 4.58 Å². The Morgan fingerprint density at radius 1 is 1.21 bits per heavy atom. The van der Waals surface area contributed by atoms with Gasteiger partial charge in [0.05, 0.1) is 6.54 Å². The van der Waals surface area contributed by atoms with Crippen molar-refractivity contribution in [1.82, 2.24) is 0 Å². The Hall–Kier alpha value is -1.84. The highest BCUT2D eigenvalue weighted by molar-refractivity contribution is 5.96. The molecule has 0 fully saturated rings. The maximum absolute atomic E-state index is 5.56. The maximum Gasteiger partial charge on any atom is 0.305 e. The molecule has 2 rings (SSSR count). The van der Waals surface area contributed by atoms with Gasteiger partial charge in [0.1, 0.15) is 6.54 Å². The van der Waals surface area contributed by atoms with Gasteiger partial charge in [0.15, 0.2) is 0 Å². The molecule has 0 aromatic heterocycles. The molecular weight excluding hydrogens is 176 g/mol. The molecule has 0 atom stereocenters. The standard InChI is InChI=1S/C10H12N4/c11-10(12)14-7-6-13-9(14)8-4-2-1-3-5-8/h1-5H,6-7H2,(H3,11,12)/p+1. The van der Waals surface area contributed by atoms with Crippen LogP contribution in [0.4, 0.5) is 0 Å². The van der Waals surface area contributed by atoms with Gasteiger partial charge in [-0.05, 0) is 12.1 Å². The fraction of sp³-hybridized carbons (Fsp3) is 0.200. The average Bonchev–Trinajstić information content (AvgIpc) is 2.67. The van der Waals surface area contributed by atoms with Crippen LogP contribution in [0, 0.1) is 0 Å². The SMILES string of the molecule is NC(N)=[N+]1CCN=C1c1ccccc1. The number of hydrogen-bond acceptors (Lipinski definition) is 1. The minimum Gasteiger partial charge on any atom is -0.310 e. The number of benzene rings is 1. The largest absolute Gasteiger partial charge is 0.310 e. The summed E-state index contributed by atoms with van der Waals surface area (Å²) >= 11 is 0. The molecule has 1 aromatic rings. The number of amidine groups is 1. The van der Waals surface area contributed by atoms with E-state index in [0.29, 0.717) is 5.96 Å². The van der Waals surface area contributed by atoms with Gasteiger partial charge in [0.25, 0.3) is 0 Å². The second kappa shape index (κ2) is 3.49. The molecule has 0 amide bonds. The van der Waals surface area contributed by atoms with Crippen molar-refractivity contribution in [2.45, 2.75) is 0 Å². The fourth-order valence-electron chi connectivity index (χ4n) is 1.53. The van der Waals surface area contributed by atoms with E-state index in [2.05, 4.69) is 4.99 Å². The first-order chi connectivity index (χ1) is 6.79. The molecule has 0 saturated heterocycles. The third-order valence-corrected chi connectivity index (χ3v) is 2.18. The summed E-state index contributed by atoms with van der Waals surface area (Å²) in [4.78, 5) is 4.37. The molecule has 0 aliphatic carbocycles. The molecule has 14 heavy (non-hydrogen) atoms. The molecular formula is C10H13N4+. The third-order valence-electron chi connectivity index (χ3n) is 2.18. The van der Waals surface area contributed by atoms with Crippen LogP contribution in [0.5, 0.6) is 0 Å². The molecule has 4 nitrogen and oxygen atoms in total. The predicted octanol–water partition coefficient (Wildman–Crippen LogP) is -0.267. The Morgan fingerprint density at radius 3 is 2.57 bits per heavy atom. The third kappa shape index (κ3) is 1.46. The van der Waals surface area contributed by atoms with Crippen LogP contribution in [0.1, 0.15) is 5.56 Å². The molecule has 0 saturated carbocycles. The van der Waals surface area contributed by atoms with Gasteiger partial charge in [-0.25, -0.2) is 4.58 Å². The highest BCUT2D eigenvalue weighted by Gasteiger charge is 2.20. The first-order valence-corrected chi connectivity index (χ1v) is 4.54. The molecule has 0 spiro atoms. The molecule has 72 valence electrons. The highest BCUT2D eigenvalue weighted by atomic mass is 15.2. The number of nitrogens with zero attached hydrogens (tertiary/aromatic N) is 2. The van der Waals surface area contributed by atoms with E-state index in [0.717, 1.165) is 24.5 Å². The Kier molecular flexibility index (Phi) is 2.18. The van der Waals surface area contributed by atoms with Gasteiger partial charge in [0.2, 0.25) is 5.84 Å². The zero-order chi connectivity index (χ0) is 9.97. The van der Waals surface area contributed by atoms with E-state index in [9.17, 15) is 0 Å². The van der Waals surface area contributed by atoms with Crippen LogP contribution in [0.3, 0.4) is 0 Å². The van der Waals surface area contributed by atoms with Gasteiger partial charge in [-0.15, -0.1) is 0 Å². The zero-order valence-corrected chi connectivity index (χ0v) is 7.85. The second-order valence-corrected chi connectivity index (χ2v) is 3.15. The predicted molar refractivity (Wildman–Crippen MR) is 56.4 cm³/mol. The fourth-order valence-corrected chi connectivity index (χ4v) is 1.53. The van der Waals surface area contributed by atoms with Gasteiger partial charge < -0.3 is 11.5 Å². The summed E-state index contributed by atoms with van der Waals surface area (Å²) in [5.41, 5.74) is 12.2. The summed E-state index contributed by atoms with van der Waals surface area (Å²) in [6.07, 6.45) is 0. The van der Waals surface area contributed by atoms with Crippen molar-refractivity contribution in [3.63, 3.8) is 0 Å². The number of rotatable bonds is 1. The number of guanidine groups is 1. The van der Waals surface area contributed by atoms with Crippen LogP contribution in [-0.4, -0.2) is 29.5 Å². The molecule has 0 unspecified atom stereocenters. The van der Waals surface area contributed by atoms with E-state index in [-0.39, 0.29) is 0 Å². The van der Waals surface area contributed by atoms with Crippen LogP contribution >= 0.6 is 0 Å². The van der Waals surface area contributed by atoms with Crippen molar-refractivity contribution >= 4 is 11.8 Å². The van der Waals surface area contributed by atoms with Gasteiger partial charge in [-0.1, -0.05) is 18.2 Å². The Morgan fingerprint density at radius 2 is 1.93 bits per heavy atom. The summed E-state index contributed by atoms with van der Waals surface area (Å²) in [5.74, 6) is 1.18. The van der Waals surface area contributed by atoms with Gasteiger partial charge >= 0.3 is 5.96 Å². The second-order valence-electron chi connectivity index (χ2n) is 3.15. The van der Waals surface area contributed by atoms with Gasteiger partial charge in [0, 0.05) is 5.56 Å². The van der Waals surface area contributed by atoms with E-state index < -0.39 is 0 Å². The normalized spacial score (nSPS) is 15.4. The van der Waals surface area contributed by atoms with E-state index in [4.69, 9.17) is 11.5 Å². The van der Waals surface area contributed by atoms with Crippen LogP contribution < -0.4 is 11.5 Å². The molecule has 0 bridgehead atoms. The smallest absolute Gasteiger partial charge is 0.305 e. The monoisotopic (exact) mass is 189 g/mol. The minimum absolute atomic E-state index is 0.310. The Balaban J connectivity index is 2.41. The Labute approximate surface area is 82.6 Å². The van der Waals surface area contributed by atoms with Crippen LogP contribution in [0.25, 0.3) is 0 Å². The van der Waals surface area contributed by atoms with Crippen molar-refractivity contribution in [1.29, 1.82) is 0 Å². The minimum atomic E-state index is 0.310. The molecule has 1 aliphatic heterocycles. The maximum atomic E-state index is 5.56. The lowest BCUT2D eigenvalue weighted by Crippen LogP contribution is -2.38.